The average Bonchev–Trinajstić information content (AvgIpc) is 3.15. The molecule has 1 aromatic rings. The summed E-state index contributed by atoms with van der Waals surface area (Å²) in [5.74, 6) is -0.569. The number of hydrogen-bond donors (Lipinski definition) is 1. The van der Waals surface area contributed by atoms with Gasteiger partial charge in [-0.2, -0.15) is 0 Å². The first kappa shape index (κ1) is 12.4. The first-order valence-electron chi connectivity index (χ1n) is 5.78. The van der Waals surface area contributed by atoms with Gasteiger partial charge in [-0.1, -0.05) is 29.8 Å². The first-order chi connectivity index (χ1) is 8.22. The van der Waals surface area contributed by atoms with Crippen molar-refractivity contribution in [3.8, 4) is 0 Å². The van der Waals surface area contributed by atoms with Crippen LogP contribution in [0.5, 0.6) is 0 Å². The number of hydrogen-bond acceptors (Lipinski definition) is 3. The third-order valence-corrected chi connectivity index (χ3v) is 3.30. The molecule has 0 aromatic heterocycles. The predicted molar refractivity (Wildman–Crippen MR) is 67.2 cm³/mol. The van der Waals surface area contributed by atoms with E-state index in [1.54, 1.807) is 6.07 Å². The fourth-order valence-electron chi connectivity index (χ4n) is 1.79. The topological polar surface area (TPSA) is 38.3 Å². The van der Waals surface area contributed by atoms with Crippen LogP contribution >= 0.6 is 11.6 Å². The van der Waals surface area contributed by atoms with Crippen molar-refractivity contribution in [1.82, 2.24) is 5.32 Å². The minimum atomic E-state index is -0.325. The second-order valence-electron chi connectivity index (χ2n) is 4.28. The smallest absolute Gasteiger partial charge is 0.314 e. The van der Waals surface area contributed by atoms with Gasteiger partial charge in [-0.05, 0) is 24.5 Å². The van der Waals surface area contributed by atoms with Crippen LogP contribution in [0.2, 0.25) is 5.02 Å². The molecule has 0 spiro atoms. The van der Waals surface area contributed by atoms with Gasteiger partial charge >= 0.3 is 5.97 Å². The van der Waals surface area contributed by atoms with Gasteiger partial charge in [0.25, 0.3) is 0 Å². The highest BCUT2D eigenvalue weighted by Crippen LogP contribution is 2.26. The van der Waals surface area contributed by atoms with E-state index in [2.05, 4.69) is 5.32 Å². The predicted octanol–water partition coefficient (Wildman–Crippen LogP) is 2.35. The van der Waals surface area contributed by atoms with Crippen LogP contribution in [0.25, 0.3) is 0 Å². The van der Waals surface area contributed by atoms with E-state index in [1.807, 2.05) is 18.2 Å². The van der Waals surface area contributed by atoms with E-state index in [9.17, 15) is 4.79 Å². The molecule has 0 heterocycles. The van der Waals surface area contributed by atoms with Gasteiger partial charge in [-0.15, -0.1) is 0 Å². The lowest BCUT2D eigenvalue weighted by Crippen LogP contribution is -2.29. The van der Waals surface area contributed by atoms with E-state index in [1.165, 1.54) is 20.0 Å². The Morgan fingerprint density at radius 1 is 1.53 bits per heavy atom. The van der Waals surface area contributed by atoms with Crippen molar-refractivity contribution in [2.75, 3.05) is 13.7 Å². The van der Waals surface area contributed by atoms with Crippen LogP contribution in [-0.4, -0.2) is 25.7 Å². The number of ether oxygens (including phenoxy) is 1. The van der Waals surface area contributed by atoms with Crippen molar-refractivity contribution in [3.63, 3.8) is 0 Å². The Labute approximate surface area is 106 Å². The summed E-state index contributed by atoms with van der Waals surface area (Å²) in [4.78, 5) is 11.8. The number of carbonyl (C=O) groups is 1. The zero-order chi connectivity index (χ0) is 12.3. The van der Waals surface area contributed by atoms with E-state index < -0.39 is 0 Å². The Bertz CT molecular complexity index is 404. The van der Waals surface area contributed by atoms with Crippen LogP contribution in [0.3, 0.4) is 0 Å². The van der Waals surface area contributed by atoms with E-state index in [4.69, 9.17) is 16.3 Å². The number of halogens is 1. The molecule has 92 valence electrons. The van der Waals surface area contributed by atoms with Crippen LogP contribution < -0.4 is 5.32 Å². The van der Waals surface area contributed by atoms with Crippen molar-refractivity contribution in [3.05, 3.63) is 34.9 Å². The molecule has 1 unspecified atom stereocenters. The Hall–Kier alpha value is -1.06. The molecule has 17 heavy (non-hydrogen) atoms. The van der Waals surface area contributed by atoms with Gasteiger partial charge in [0.15, 0.2) is 0 Å². The van der Waals surface area contributed by atoms with E-state index >= 15 is 0 Å². The highest BCUT2D eigenvalue weighted by atomic mass is 35.5. The summed E-state index contributed by atoms with van der Waals surface area (Å²) >= 11 is 6.12. The van der Waals surface area contributed by atoms with Gasteiger partial charge in [0.05, 0.1) is 13.0 Å². The average molecular weight is 254 g/mol. The van der Waals surface area contributed by atoms with Crippen LogP contribution in [0, 0.1) is 0 Å². The maximum atomic E-state index is 11.8. The number of rotatable bonds is 5. The molecule has 4 heteroatoms. The molecule has 1 atom stereocenters. The van der Waals surface area contributed by atoms with Crippen molar-refractivity contribution < 1.29 is 9.53 Å². The van der Waals surface area contributed by atoms with E-state index in [0.717, 1.165) is 5.56 Å². The van der Waals surface area contributed by atoms with Crippen LogP contribution in [-0.2, 0) is 9.53 Å². The summed E-state index contributed by atoms with van der Waals surface area (Å²) in [6.45, 7) is 0.584. The molecule has 3 nitrogen and oxygen atoms in total. The van der Waals surface area contributed by atoms with Gasteiger partial charge < -0.3 is 10.1 Å². The molecule has 1 saturated carbocycles. The monoisotopic (exact) mass is 253 g/mol. The molecule has 2 rings (SSSR count). The second-order valence-corrected chi connectivity index (χ2v) is 4.69. The molecular weight excluding hydrogens is 238 g/mol. The quantitative estimate of drug-likeness (QED) is 0.819. The lowest BCUT2D eigenvalue weighted by molar-refractivity contribution is -0.142. The molecule has 0 amide bonds. The summed E-state index contributed by atoms with van der Waals surface area (Å²) in [5, 5.41) is 3.95. The molecule has 1 fully saturated rings. The lowest BCUT2D eigenvalue weighted by atomic mass is 9.99. The second kappa shape index (κ2) is 5.52. The fourth-order valence-corrected chi connectivity index (χ4v) is 2.06. The standard InChI is InChI=1S/C13H16ClNO2/c1-17-13(16)11(8-15-9-6-7-9)10-4-2-3-5-12(10)14/h2-5,9,11,15H,6-8H2,1H3. The van der Waals surface area contributed by atoms with Crippen LogP contribution in [0.4, 0.5) is 0 Å². The van der Waals surface area contributed by atoms with E-state index in [0.29, 0.717) is 17.6 Å². The van der Waals surface area contributed by atoms with Crippen LogP contribution in [0.15, 0.2) is 24.3 Å². The van der Waals surface area contributed by atoms with Gasteiger partial charge in [0, 0.05) is 17.6 Å². The van der Waals surface area contributed by atoms with Crippen molar-refractivity contribution in [2.24, 2.45) is 0 Å². The number of esters is 1. The number of methoxy groups -OCH3 is 1. The zero-order valence-corrected chi connectivity index (χ0v) is 10.5. The summed E-state index contributed by atoms with van der Waals surface area (Å²) in [5.41, 5.74) is 0.828. The summed E-state index contributed by atoms with van der Waals surface area (Å²) in [7, 11) is 1.41. The molecule has 0 radical (unpaired) electrons. The van der Waals surface area contributed by atoms with Crippen LogP contribution in [0.1, 0.15) is 24.3 Å². The molecule has 1 aromatic carbocycles. The normalized spacial score (nSPS) is 16.6. The van der Waals surface area contributed by atoms with Gasteiger partial charge in [0.2, 0.25) is 0 Å². The van der Waals surface area contributed by atoms with Gasteiger partial charge in [-0.3, -0.25) is 4.79 Å². The van der Waals surface area contributed by atoms with Gasteiger partial charge in [0.1, 0.15) is 0 Å². The zero-order valence-electron chi connectivity index (χ0n) is 9.78. The minimum absolute atomic E-state index is 0.244. The van der Waals surface area contributed by atoms with E-state index in [-0.39, 0.29) is 11.9 Å². The molecule has 1 aliphatic rings. The Kier molecular flexibility index (Phi) is 4.02. The Balaban J connectivity index is 2.13. The Morgan fingerprint density at radius 3 is 2.82 bits per heavy atom. The highest BCUT2D eigenvalue weighted by Gasteiger charge is 2.27. The highest BCUT2D eigenvalue weighted by molar-refractivity contribution is 6.31. The SMILES string of the molecule is COC(=O)C(CNC1CC1)c1ccccc1Cl. The fraction of sp³-hybridized carbons (Fsp3) is 0.462. The maximum absolute atomic E-state index is 11.8. The number of nitrogens with one attached hydrogen (secondary N) is 1. The van der Waals surface area contributed by atoms with Crippen molar-refractivity contribution >= 4 is 17.6 Å². The summed E-state index contributed by atoms with van der Waals surface area (Å²) < 4.78 is 4.84. The number of benzene rings is 1. The third kappa shape index (κ3) is 3.20. The summed E-state index contributed by atoms with van der Waals surface area (Å²) in [6.07, 6.45) is 2.38. The third-order valence-electron chi connectivity index (χ3n) is 2.95. The largest absolute Gasteiger partial charge is 0.469 e. The maximum Gasteiger partial charge on any atom is 0.314 e. The Morgan fingerprint density at radius 2 is 2.24 bits per heavy atom. The number of carbonyl (C=O) groups excluding carboxylic acids is 1. The van der Waals surface area contributed by atoms with Gasteiger partial charge in [-0.25, -0.2) is 0 Å². The van der Waals surface area contributed by atoms with Crippen molar-refractivity contribution in [2.45, 2.75) is 24.8 Å². The lowest BCUT2D eigenvalue weighted by Gasteiger charge is -2.16. The molecule has 1 aliphatic carbocycles. The molecule has 0 bridgehead atoms. The molecule has 1 N–H and O–H groups in total. The summed E-state index contributed by atoms with van der Waals surface area (Å²) in [6, 6.07) is 7.97. The molecule has 0 saturated heterocycles. The molecular formula is C13H16ClNO2. The minimum Gasteiger partial charge on any atom is -0.469 e. The first-order valence-corrected chi connectivity index (χ1v) is 6.16. The molecule has 0 aliphatic heterocycles. The van der Waals surface area contributed by atoms with Crippen molar-refractivity contribution in [1.29, 1.82) is 0 Å².